The van der Waals surface area contributed by atoms with Crippen LogP contribution in [0.2, 0.25) is 0 Å². The molecule has 0 fully saturated rings. The molecule has 4 nitrogen and oxygen atoms in total. The molecule has 0 spiro atoms. The van der Waals surface area contributed by atoms with Crippen LogP contribution in [0.1, 0.15) is 18.5 Å². The van der Waals surface area contributed by atoms with Crippen molar-refractivity contribution in [3.8, 4) is 0 Å². The lowest BCUT2D eigenvalue weighted by Gasteiger charge is -1.88. The lowest BCUT2D eigenvalue weighted by Crippen LogP contribution is -1.95. The summed E-state index contributed by atoms with van der Waals surface area (Å²) in [6.07, 6.45) is 2.88. The number of aromatic nitrogens is 1. The zero-order chi connectivity index (χ0) is 9.14. The Morgan fingerprint density at radius 1 is 1.75 bits per heavy atom. The molecule has 1 aromatic rings. The van der Waals surface area contributed by atoms with E-state index in [1.807, 2.05) is 0 Å². The van der Waals surface area contributed by atoms with E-state index in [9.17, 15) is 4.79 Å². The number of hydrogen-bond acceptors (Lipinski definition) is 3. The highest BCUT2D eigenvalue weighted by molar-refractivity contribution is 5.90. The Morgan fingerprint density at radius 3 is 2.83 bits per heavy atom. The van der Waals surface area contributed by atoms with E-state index in [2.05, 4.69) is 4.98 Å². The lowest BCUT2D eigenvalue weighted by atomic mass is 10.2. The van der Waals surface area contributed by atoms with Crippen LogP contribution in [0, 0.1) is 6.92 Å². The van der Waals surface area contributed by atoms with Gasteiger partial charge in [0.25, 0.3) is 0 Å². The molecule has 1 N–H and O–H groups in total. The van der Waals surface area contributed by atoms with E-state index in [1.54, 1.807) is 6.92 Å². The van der Waals surface area contributed by atoms with Gasteiger partial charge < -0.3 is 9.52 Å². The first-order chi connectivity index (χ1) is 5.59. The number of oxazole rings is 1. The molecule has 0 radical (unpaired) electrons. The Balaban J connectivity index is 2.87. The highest BCUT2D eigenvalue weighted by Gasteiger charge is 2.01. The first-order valence-electron chi connectivity index (χ1n) is 3.43. The van der Waals surface area contributed by atoms with Crippen molar-refractivity contribution in [1.82, 2.24) is 4.98 Å². The number of aryl methyl sites for hydroxylation is 1. The third kappa shape index (κ3) is 1.95. The fraction of sp³-hybridized carbons (Fsp3) is 0.250. The zero-order valence-corrected chi connectivity index (χ0v) is 6.87. The van der Waals surface area contributed by atoms with Gasteiger partial charge in [-0.1, -0.05) is 0 Å². The van der Waals surface area contributed by atoms with Gasteiger partial charge in [0.15, 0.2) is 5.89 Å². The Labute approximate surface area is 69.5 Å². The molecule has 1 heterocycles. The van der Waals surface area contributed by atoms with Crippen molar-refractivity contribution < 1.29 is 14.3 Å². The molecule has 0 aliphatic carbocycles. The van der Waals surface area contributed by atoms with Crippen molar-refractivity contribution in [3.05, 3.63) is 23.4 Å². The topological polar surface area (TPSA) is 63.3 Å². The van der Waals surface area contributed by atoms with Crippen molar-refractivity contribution >= 4 is 12.0 Å². The molecular weight excluding hydrogens is 158 g/mol. The molecule has 12 heavy (non-hydrogen) atoms. The van der Waals surface area contributed by atoms with Crippen LogP contribution >= 0.6 is 0 Å². The number of aliphatic carboxylic acids is 1. The molecule has 1 rings (SSSR count). The summed E-state index contributed by atoms with van der Waals surface area (Å²) in [5, 5.41) is 8.52. The zero-order valence-electron chi connectivity index (χ0n) is 6.87. The van der Waals surface area contributed by atoms with E-state index in [4.69, 9.17) is 9.52 Å². The molecule has 0 aromatic carbocycles. The van der Waals surface area contributed by atoms with Crippen LogP contribution in [0.15, 0.2) is 16.3 Å². The monoisotopic (exact) mass is 167 g/mol. The van der Waals surface area contributed by atoms with Crippen molar-refractivity contribution in [2.75, 3.05) is 0 Å². The maximum atomic E-state index is 10.4. The second-order valence-corrected chi connectivity index (χ2v) is 2.42. The minimum absolute atomic E-state index is 0.239. The van der Waals surface area contributed by atoms with Gasteiger partial charge in [0, 0.05) is 12.5 Å². The summed E-state index contributed by atoms with van der Waals surface area (Å²) >= 11 is 0. The van der Waals surface area contributed by atoms with E-state index < -0.39 is 5.97 Å². The molecule has 0 atom stereocenters. The van der Waals surface area contributed by atoms with Crippen LogP contribution in [-0.2, 0) is 4.79 Å². The minimum atomic E-state index is -0.948. The third-order valence-corrected chi connectivity index (χ3v) is 1.34. The predicted octanol–water partition coefficient (Wildman–Crippen LogP) is 1.47. The number of rotatable bonds is 2. The summed E-state index contributed by atoms with van der Waals surface area (Å²) in [7, 11) is 0. The van der Waals surface area contributed by atoms with Crippen LogP contribution in [0.4, 0.5) is 0 Å². The summed E-state index contributed by atoms with van der Waals surface area (Å²) in [5.74, 6) is -0.421. The molecule has 1 aromatic heterocycles. The fourth-order valence-corrected chi connectivity index (χ4v) is 0.730. The third-order valence-electron chi connectivity index (χ3n) is 1.34. The van der Waals surface area contributed by atoms with Gasteiger partial charge in [-0.3, -0.25) is 0 Å². The van der Waals surface area contributed by atoms with Crippen molar-refractivity contribution in [2.24, 2.45) is 0 Å². The van der Waals surface area contributed by atoms with Crippen LogP contribution in [0.5, 0.6) is 0 Å². The second-order valence-electron chi connectivity index (χ2n) is 2.42. The van der Waals surface area contributed by atoms with Gasteiger partial charge in [0.1, 0.15) is 12.0 Å². The minimum Gasteiger partial charge on any atom is -0.478 e. The molecule has 0 bridgehead atoms. The SMILES string of the molecule is C/C(=C\c1coc(C)n1)C(=O)O. The fourth-order valence-electron chi connectivity index (χ4n) is 0.730. The highest BCUT2D eigenvalue weighted by atomic mass is 16.4. The van der Waals surface area contributed by atoms with E-state index in [1.165, 1.54) is 19.3 Å². The van der Waals surface area contributed by atoms with Crippen LogP contribution in [0.25, 0.3) is 6.08 Å². The summed E-state index contributed by atoms with van der Waals surface area (Å²) < 4.78 is 4.90. The molecule has 0 unspecified atom stereocenters. The largest absolute Gasteiger partial charge is 0.478 e. The lowest BCUT2D eigenvalue weighted by molar-refractivity contribution is -0.132. The number of carboxylic acids is 1. The van der Waals surface area contributed by atoms with Crippen molar-refractivity contribution in [3.63, 3.8) is 0 Å². The van der Waals surface area contributed by atoms with Gasteiger partial charge in [-0.05, 0) is 13.0 Å². The molecule has 0 amide bonds. The standard InChI is InChI=1S/C8H9NO3/c1-5(8(10)11)3-7-4-12-6(2)9-7/h3-4H,1-2H3,(H,10,11)/b5-3+. The molecular formula is C8H9NO3. The van der Waals surface area contributed by atoms with Gasteiger partial charge >= 0.3 is 5.97 Å². The number of nitrogens with zero attached hydrogens (tertiary/aromatic N) is 1. The number of carbonyl (C=O) groups is 1. The molecule has 0 saturated carbocycles. The Hall–Kier alpha value is -1.58. The number of carboxylic acid groups (broad SMARTS) is 1. The molecule has 0 aliphatic rings. The average Bonchev–Trinajstić information content (AvgIpc) is 2.35. The van der Waals surface area contributed by atoms with Crippen molar-refractivity contribution in [1.29, 1.82) is 0 Å². The maximum absolute atomic E-state index is 10.4. The van der Waals surface area contributed by atoms with Crippen LogP contribution in [-0.4, -0.2) is 16.1 Å². The Kier molecular flexibility index (Phi) is 2.28. The summed E-state index contributed by atoms with van der Waals surface area (Å²) in [4.78, 5) is 14.3. The average molecular weight is 167 g/mol. The second kappa shape index (κ2) is 3.21. The van der Waals surface area contributed by atoms with E-state index in [-0.39, 0.29) is 5.57 Å². The summed E-state index contributed by atoms with van der Waals surface area (Å²) in [6.45, 7) is 3.21. The first kappa shape index (κ1) is 8.52. The normalized spacial score (nSPS) is 11.7. The first-order valence-corrected chi connectivity index (χ1v) is 3.43. The van der Waals surface area contributed by atoms with E-state index >= 15 is 0 Å². The Morgan fingerprint density at radius 2 is 2.42 bits per heavy atom. The van der Waals surface area contributed by atoms with Gasteiger partial charge in [-0.15, -0.1) is 0 Å². The van der Waals surface area contributed by atoms with Gasteiger partial charge in [-0.2, -0.15) is 0 Å². The molecule has 0 aliphatic heterocycles. The van der Waals surface area contributed by atoms with Gasteiger partial charge in [0.05, 0.1) is 0 Å². The smallest absolute Gasteiger partial charge is 0.331 e. The summed E-state index contributed by atoms with van der Waals surface area (Å²) in [5.41, 5.74) is 0.774. The van der Waals surface area contributed by atoms with E-state index in [0.29, 0.717) is 11.6 Å². The van der Waals surface area contributed by atoms with E-state index in [0.717, 1.165) is 0 Å². The molecule has 0 saturated heterocycles. The highest BCUT2D eigenvalue weighted by Crippen LogP contribution is 2.06. The van der Waals surface area contributed by atoms with Crippen LogP contribution < -0.4 is 0 Å². The Bertz CT molecular complexity index is 325. The number of hydrogen-bond donors (Lipinski definition) is 1. The summed E-state index contributed by atoms with van der Waals surface area (Å²) in [6, 6.07) is 0. The molecule has 4 heteroatoms. The quantitative estimate of drug-likeness (QED) is 0.677. The van der Waals surface area contributed by atoms with Gasteiger partial charge in [-0.25, -0.2) is 9.78 Å². The predicted molar refractivity (Wildman–Crippen MR) is 42.5 cm³/mol. The van der Waals surface area contributed by atoms with Crippen LogP contribution in [0.3, 0.4) is 0 Å². The maximum Gasteiger partial charge on any atom is 0.331 e. The van der Waals surface area contributed by atoms with Crippen molar-refractivity contribution in [2.45, 2.75) is 13.8 Å². The molecule has 64 valence electrons. The van der Waals surface area contributed by atoms with Gasteiger partial charge in [0.2, 0.25) is 0 Å².